The van der Waals surface area contributed by atoms with Crippen LogP contribution in [0.15, 0.2) is 18.2 Å². The van der Waals surface area contributed by atoms with E-state index in [-0.39, 0.29) is 0 Å². The maximum atomic E-state index is 6.07. The number of nitrogens with one attached hydrogen (secondary N) is 1. The molecule has 0 aliphatic heterocycles. The molecule has 0 amide bonds. The summed E-state index contributed by atoms with van der Waals surface area (Å²) in [5, 5.41) is 2.00. The molecule has 2 nitrogen and oxygen atoms in total. The van der Waals surface area contributed by atoms with Gasteiger partial charge < -0.3 is 10.7 Å². The summed E-state index contributed by atoms with van der Waals surface area (Å²) in [6.07, 6.45) is 0. The molecule has 15 heavy (non-hydrogen) atoms. The van der Waals surface area contributed by atoms with E-state index in [1.54, 1.807) is 0 Å². The summed E-state index contributed by atoms with van der Waals surface area (Å²) in [7, 11) is 0. The Balaban J connectivity index is 2.61. The van der Waals surface area contributed by atoms with Gasteiger partial charge in [0, 0.05) is 28.6 Å². The number of halogens is 1. The first-order valence-electron chi connectivity index (χ1n) is 5.11. The molecule has 0 bridgehead atoms. The number of nitrogens with two attached hydrogens (primary N) is 1. The van der Waals surface area contributed by atoms with Crippen LogP contribution in [0.1, 0.15) is 24.1 Å². The SMILES string of the molecule is Cc1c(Cl)ccc2cc(C(C)CN)[nH]c12. The number of hydrogen-bond donors (Lipinski definition) is 2. The molecule has 1 atom stereocenters. The zero-order chi connectivity index (χ0) is 11.0. The minimum atomic E-state index is 0.357. The lowest BCUT2D eigenvalue weighted by Crippen LogP contribution is -2.08. The van der Waals surface area contributed by atoms with Crippen LogP contribution in [0.4, 0.5) is 0 Å². The van der Waals surface area contributed by atoms with Crippen LogP contribution in [0.3, 0.4) is 0 Å². The molecule has 2 rings (SSSR count). The molecule has 1 unspecified atom stereocenters. The summed E-state index contributed by atoms with van der Waals surface area (Å²) < 4.78 is 0. The van der Waals surface area contributed by atoms with Gasteiger partial charge in [0.15, 0.2) is 0 Å². The lowest BCUT2D eigenvalue weighted by molar-refractivity contribution is 0.754. The quantitative estimate of drug-likeness (QED) is 0.805. The normalized spacial score (nSPS) is 13.3. The van der Waals surface area contributed by atoms with Gasteiger partial charge in [-0.05, 0) is 24.6 Å². The molecular formula is C12H15ClN2. The lowest BCUT2D eigenvalue weighted by Gasteiger charge is -2.04. The van der Waals surface area contributed by atoms with Crippen molar-refractivity contribution < 1.29 is 0 Å². The highest BCUT2D eigenvalue weighted by atomic mass is 35.5. The highest BCUT2D eigenvalue weighted by molar-refractivity contribution is 6.32. The monoisotopic (exact) mass is 222 g/mol. The number of aromatic nitrogens is 1. The van der Waals surface area contributed by atoms with Gasteiger partial charge in [-0.1, -0.05) is 24.6 Å². The van der Waals surface area contributed by atoms with Gasteiger partial charge in [0.1, 0.15) is 0 Å². The topological polar surface area (TPSA) is 41.8 Å². The standard InChI is InChI=1S/C12H15ClN2/c1-7(6-14)11-5-9-3-4-10(13)8(2)12(9)15-11/h3-5,7,15H,6,14H2,1-2H3. The van der Waals surface area contributed by atoms with Crippen LogP contribution in [0.5, 0.6) is 0 Å². The van der Waals surface area contributed by atoms with Crippen molar-refractivity contribution in [3.8, 4) is 0 Å². The highest BCUT2D eigenvalue weighted by Crippen LogP contribution is 2.27. The molecule has 1 heterocycles. The number of H-pyrrole nitrogens is 1. The molecule has 0 aliphatic carbocycles. The second-order valence-electron chi connectivity index (χ2n) is 4.00. The molecule has 80 valence electrons. The van der Waals surface area contributed by atoms with E-state index in [0.29, 0.717) is 12.5 Å². The molecule has 0 saturated heterocycles. The number of rotatable bonds is 2. The maximum absolute atomic E-state index is 6.07. The second kappa shape index (κ2) is 3.87. The lowest BCUT2D eigenvalue weighted by atomic mass is 10.1. The average Bonchev–Trinajstić information content (AvgIpc) is 2.67. The zero-order valence-corrected chi connectivity index (χ0v) is 9.73. The number of aromatic amines is 1. The minimum Gasteiger partial charge on any atom is -0.358 e. The number of benzene rings is 1. The molecule has 0 saturated carbocycles. The van der Waals surface area contributed by atoms with E-state index in [4.69, 9.17) is 17.3 Å². The summed E-state index contributed by atoms with van der Waals surface area (Å²) in [6, 6.07) is 6.12. The second-order valence-corrected chi connectivity index (χ2v) is 4.41. The van der Waals surface area contributed by atoms with Gasteiger partial charge in [-0.2, -0.15) is 0 Å². The molecule has 0 radical (unpaired) electrons. The van der Waals surface area contributed by atoms with Gasteiger partial charge in [0.25, 0.3) is 0 Å². The van der Waals surface area contributed by atoms with Crippen LogP contribution in [0.25, 0.3) is 10.9 Å². The Morgan fingerprint density at radius 3 is 2.87 bits per heavy atom. The van der Waals surface area contributed by atoms with Crippen molar-refractivity contribution in [2.45, 2.75) is 19.8 Å². The third-order valence-corrected chi connectivity index (χ3v) is 3.31. The number of aryl methyl sites for hydroxylation is 1. The maximum Gasteiger partial charge on any atom is 0.0500 e. The van der Waals surface area contributed by atoms with Crippen LogP contribution in [0.2, 0.25) is 5.02 Å². The Hall–Kier alpha value is -0.990. The average molecular weight is 223 g/mol. The Bertz CT molecular complexity index is 488. The Labute approximate surface area is 94.4 Å². The van der Waals surface area contributed by atoms with Gasteiger partial charge in [0.2, 0.25) is 0 Å². The van der Waals surface area contributed by atoms with Gasteiger partial charge in [-0.15, -0.1) is 0 Å². The van der Waals surface area contributed by atoms with Crippen molar-refractivity contribution in [1.82, 2.24) is 4.98 Å². The molecule has 0 spiro atoms. The fourth-order valence-electron chi connectivity index (χ4n) is 1.73. The molecule has 1 aromatic carbocycles. The first-order valence-corrected chi connectivity index (χ1v) is 5.49. The van der Waals surface area contributed by atoms with Gasteiger partial charge in [-0.3, -0.25) is 0 Å². The van der Waals surface area contributed by atoms with E-state index in [1.807, 2.05) is 19.1 Å². The molecular weight excluding hydrogens is 208 g/mol. The molecule has 2 aromatic rings. The van der Waals surface area contributed by atoms with Crippen molar-refractivity contribution in [3.05, 3.63) is 34.5 Å². The summed E-state index contributed by atoms with van der Waals surface area (Å²) >= 11 is 6.07. The van der Waals surface area contributed by atoms with E-state index >= 15 is 0 Å². The summed E-state index contributed by atoms with van der Waals surface area (Å²) in [5.41, 5.74) is 9.05. The molecule has 0 fully saturated rings. The van der Waals surface area contributed by atoms with Gasteiger partial charge in [-0.25, -0.2) is 0 Å². The smallest absolute Gasteiger partial charge is 0.0500 e. The first kappa shape index (κ1) is 10.5. The number of hydrogen-bond acceptors (Lipinski definition) is 1. The van der Waals surface area contributed by atoms with Crippen molar-refractivity contribution in [2.24, 2.45) is 5.73 Å². The molecule has 0 aliphatic rings. The van der Waals surface area contributed by atoms with Crippen LogP contribution in [-0.4, -0.2) is 11.5 Å². The first-order chi connectivity index (χ1) is 7.13. The fraction of sp³-hybridized carbons (Fsp3) is 0.333. The number of fused-ring (bicyclic) bond motifs is 1. The van der Waals surface area contributed by atoms with E-state index < -0.39 is 0 Å². The Morgan fingerprint density at radius 2 is 2.20 bits per heavy atom. The van der Waals surface area contributed by atoms with Crippen LogP contribution in [-0.2, 0) is 0 Å². The fourth-order valence-corrected chi connectivity index (χ4v) is 1.89. The minimum absolute atomic E-state index is 0.357. The predicted molar refractivity (Wildman–Crippen MR) is 65.5 cm³/mol. The molecule has 1 aromatic heterocycles. The third kappa shape index (κ3) is 1.75. The van der Waals surface area contributed by atoms with Gasteiger partial charge in [0.05, 0.1) is 5.52 Å². The largest absolute Gasteiger partial charge is 0.358 e. The summed E-state index contributed by atoms with van der Waals surface area (Å²) in [4.78, 5) is 3.39. The zero-order valence-electron chi connectivity index (χ0n) is 8.97. The van der Waals surface area contributed by atoms with Crippen molar-refractivity contribution >= 4 is 22.5 Å². The van der Waals surface area contributed by atoms with E-state index in [0.717, 1.165) is 16.1 Å². The van der Waals surface area contributed by atoms with Gasteiger partial charge >= 0.3 is 0 Å². The van der Waals surface area contributed by atoms with Crippen LogP contribution in [0, 0.1) is 6.92 Å². The molecule has 3 N–H and O–H groups in total. The van der Waals surface area contributed by atoms with Crippen LogP contribution >= 0.6 is 11.6 Å². The Morgan fingerprint density at radius 1 is 1.47 bits per heavy atom. The third-order valence-electron chi connectivity index (χ3n) is 2.90. The van der Waals surface area contributed by atoms with E-state index in [1.165, 1.54) is 11.1 Å². The summed E-state index contributed by atoms with van der Waals surface area (Å²) in [5.74, 6) is 0.357. The summed E-state index contributed by atoms with van der Waals surface area (Å²) in [6.45, 7) is 4.79. The highest BCUT2D eigenvalue weighted by Gasteiger charge is 2.09. The van der Waals surface area contributed by atoms with Crippen molar-refractivity contribution in [3.63, 3.8) is 0 Å². The van der Waals surface area contributed by atoms with Crippen molar-refractivity contribution in [1.29, 1.82) is 0 Å². The van der Waals surface area contributed by atoms with Crippen LogP contribution < -0.4 is 5.73 Å². The van der Waals surface area contributed by atoms with Crippen molar-refractivity contribution in [2.75, 3.05) is 6.54 Å². The molecule has 3 heteroatoms. The predicted octanol–water partition coefficient (Wildman–Crippen LogP) is 3.19. The Kier molecular flexibility index (Phi) is 2.72. The van der Waals surface area contributed by atoms with E-state index in [2.05, 4.69) is 18.0 Å². The van der Waals surface area contributed by atoms with E-state index in [9.17, 15) is 0 Å².